The number of hydrogen-bond acceptors (Lipinski definition) is 4. The van der Waals surface area contributed by atoms with Crippen LogP contribution in [0.4, 0.5) is 17.6 Å². The quantitative estimate of drug-likeness (QED) is 0.438. The van der Waals surface area contributed by atoms with Crippen LogP contribution in [0.25, 0.3) is 0 Å². The van der Waals surface area contributed by atoms with Gasteiger partial charge in [-0.2, -0.15) is 13.2 Å². The molecule has 1 N–H and O–H groups in total. The minimum atomic E-state index is -4.86. The van der Waals surface area contributed by atoms with Crippen molar-refractivity contribution < 1.29 is 36.7 Å². The van der Waals surface area contributed by atoms with Crippen molar-refractivity contribution in [1.29, 1.82) is 0 Å². The summed E-state index contributed by atoms with van der Waals surface area (Å²) < 4.78 is 54.8. The van der Waals surface area contributed by atoms with Gasteiger partial charge in [0.15, 0.2) is 11.6 Å². The van der Waals surface area contributed by atoms with Crippen LogP contribution in [0.15, 0.2) is 0 Å². The Morgan fingerprint density at radius 3 is 1.90 bits per heavy atom. The highest BCUT2D eigenvalue weighted by Gasteiger charge is 2.54. The highest BCUT2D eigenvalue weighted by molar-refractivity contribution is 6.38. The molecule has 2 saturated carbocycles. The van der Waals surface area contributed by atoms with Gasteiger partial charge in [-0.3, -0.25) is 19.2 Å². The number of rotatable bonds is 9. The van der Waals surface area contributed by atoms with Crippen molar-refractivity contribution in [3.05, 3.63) is 0 Å². The van der Waals surface area contributed by atoms with Crippen molar-refractivity contribution >= 4 is 23.3 Å². The topological polar surface area (TPSA) is 80.3 Å². The third-order valence-electron chi connectivity index (χ3n) is 6.66. The first-order valence-electron chi connectivity index (χ1n) is 10.3. The maximum Gasteiger partial charge on any atom is 0.402 e. The van der Waals surface area contributed by atoms with Gasteiger partial charge < -0.3 is 5.32 Å². The number of halogens is 4. The summed E-state index contributed by atoms with van der Waals surface area (Å²) in [5.74, 6) is -3.52. The predicted molar refractivity (Wildman–Crippen MR) is 100 cm³/mol. The standard InChI is InChI=1S/C21H29F4NO4/c1-13(27)16(29)19(7-6-8-19)12-15(28)14(11-20(22)9-4-5-10-20)26-17(30)18(2,3)21(23,24)25/h14H,4-12H2,1-3H3,(H,26,30)/t14-/m0/s1. The van der Waals surface area contributed by atoms with Gasteiger partial charge in [0, 0.05) is 25.2 Å². The summed E-state index contributed by atoms with van der Waals surface area (Å²) in [6.45, 7) is 2.49. The Kier molecular flexibility index (Phi) is 6.84. The second kappa shape index (κ2) is 8.38. The molecule has 5 nitrogen and oxygen atoms in total. The number of amides is 1. The number of nitrogens with one attached hydrogen (secondary N) is 1. The van der Waals surface area contributed by atoms with E-state index in [4.69, 9.17) is 0 Å². The molecule has 0 heterocycles. The zero-order valence-corrected chi connectivity index (χ0v) is 17.6. The molecule has 1 atom stereocenters. The summed E-state index contributed by atoms with van der Waals surface area (Å²) in [7, 11) is 0. The lowest BCUT2D eigenvalue weighted by atomic mass is 9.62. The van der Waals surface area contributed by atoms with Gasteiger partial charge in [-0.25, -0.2) is 4.39 Å². The van der Waals surface area contributed by atoms with E-state index in [1.807, 2.05) is 0 Å². The molecule has 0 aliphatic heterocycles. The van der Waals surface area contributed by atoms with Crippen LogP contribution in [0, 0.1) is 10.8 Å². The molecule has 9 heteroatoms. The molecule has 30 heavy (non-hydrogen) atoms. The van der Waals surface area contributed by atoms with Crippen LogP contribution in [-0.2, 0) is 19.2 Å². The molecule has 2 aliphatic carbocycles. The second-order valence-electron chi connectivity index (χ2n) is 9.37. The van der Waals surface area contributed by atoms with E-state index in [9.17, 15) is 32.3 Å². The van der Waals surface area contributed by atoms with Gasteiger partial charge in [0.05, 0.1) is 6.04 Å². The summed E-state index contributed by atoms with van der Waals surface area (Å²) in [5.41, 5.74) is -5.72. The Morgan fingerprint density at radius 1 is 0.967 bits per heavy atom. The van der Waals surface area contributed by atoms with Crippen LogP contribution in [0.1, 0.15) is 78.6 Å². The highest BCUT2D eigenvalue weighted by Crippen LogP contribution is 2.46. The molecule has 2 aliphatic rings. The van der Waals surface area contributed by atoms with Crippen molar-refractivity contribution in [3.63, 3.8) is 0 Å². The van der Waals surface area contributed by atoms with Crippen LogP contribution in [0.2, 0.25) is 0 Å². The molecule has 0 unspecified atom stereocenters. The van der Waals surface area contributed by atoms with Gasteiger partial charge in [0.2, 0.25) is 11.7 Å². The Hall–Kier alpha value is -1.80. The minimum absolute atomic E-state index is 0.160. The van der Waals surface area contributed by atoms with Gasteiger partial charge in [-0.1, -0.05) is 19.3 Å². The molecule has 170 valence electrons. The molecule has 0 aromatic rings. The van der Waals surface area contributed by atoms with E-state index in [0.29, 0.717) is 46.0 Å². The molecule has 1 amide bonds. The monoisotopic (exact) mass is 435 g/mol. The summed E-state index contributed by atoms with van der Waals surface area (Å²) in [6, 6.07) is -1.49. The van der Waals surface area contributed by atoms with Crippen LogP contribution in [0.5, 0.6) is 0 Å². The lowest BCUT2D eigenvalue weighted by Crippen LogP contribution is -2.54. The van der Waals surface area contributed by atoms with E-state index in [2.05, 4.69) is 5.32 Å². The van der Waals surface area contributed by atoms with Crippen LogP contribution in [-0.4, -0.2) is 41.1 Å². The van der Waals surface area contributed by atoms with Crippen molar-refractivity contribution in [2.45, 2.75) is 96.4 Å². The van der Waals surface area contributed by atoms with Crippen molar-refractivity contribution in [2.24, 2.45) is 10.8 Å². The summed E-state index contributed by atoms with van der Waals surface area (Å²) in [4.78, 5) is 49.2. The van der Waals surface area contributed by atoms with E-state index < -0.39 is 58.4 Å². The summed E-state index contributed by atoms with van der Waals surface area (Å²) >= 11 is 0. The fraction of sp³-hybridized carbons (Fsp3) is 0.810. The van der Waals surface area contributed by atoms with E-state index in [-0.39, 0.29) is 19.3 Å². The number of alkyl halides is 4. The van der Waals surface area contributed by atoms with E-state index in [1.165, 1.54) is 0 Å². The molecule has 0 aromatic carbocycles. The molecule has 2 fully saturated rings. The Balaban J connectivity index is 2.24. The van der Waals surface area contributed by atoms with Gasteiger partial charge in [0.25, 0.3) is 0 Å². The third kappa shape index (κ3) is 4.91. The fourth-order valence-corrected chi connectivity index (χ4v) is 4.21. The Morgan fingerprint density at radius 2 is 1.50 bits per heavy atom. The first-order valence-corrected chi connectivity index (χ1v) is 10.3. The highest BCUT2D eigenvalue weighted by atomic mass is 19.4. The van der Waals surface area contributed by atoms with Crippen LogP contribution >= 0.6 is 0 Å². The lowest BCUT2D eigenvalue weighted by molar-refractivity contribution is -0.212. The number of ketones is 3. The van der Waals surface area contributed by atoms with Crippen molar-refractivity contribution in [2.75, 3.05) is 0 Å². The molecule has 0 saturated heterocycles. The second-order valence-corrected chi connectivity index (χ2v) is 9.37. The zero-order valence-electron chi connectivity index (χ0n) is 17.6. The molecular weight excluding hydrogens is 406 g/mol. The molecule has 2 rings (SSSR count). The summed E-state index contributed by atoms with van der Waals surface area (Å²) in [6.07, 6.45) is -2.92. The fourth-order valence-electron chi connectivity index (χ4n) is 4.21. The smallest absolute Gasteiger partial charge is 0.345 e. The average Bonchev–Trinajstić information content (AvgIpc) is 3.01. The van der Waals surface area contributed by atoms with E-state index in [1.54, 1.807) is 0 Å². The maximum absolute atomic E-state index is 15.1. The zero-order chi connectivity index (χ0) is 23.0. The van der Waals surface area contributed by atoms with Gasteiger partial charge >= 0.3 is 6.18 Å². The Labute approximate surface area is 173 Å². The largest absolute Gasteiger partial charge is 0.402 e. The van der Waals surface area contributed by atoms with E-state index in [0.717, 1.165) is 6.92 Å². The molecule has 0 radical (unpaired) electrons. The third-order valence-corrected chi connectivity index (χ3v) is 6.66. The molecular formula is C21H29F4NO4. The van der Waals surface area contributed by atoms with Gasteiger partial charge in [0.1, 0.15) is 11.1 Å². The van der Waals surface area contributed by atoms with Crippen LogP contribution < -0.4 is 5.32 Å². The average molecular weight is 435 g/mol. The molecule has 0 aromatic heterocycles. The SMILES string of the molecule is CC(=O)C(=O)C1(CC(=O)[C@H](CC2(F)CCCC2)NC(=O)C(C)(C)C(F)(F)F)CCC1. The first-order chi connectivity index (χ1) is 13.6. The number of carbonyl (C=O) groups excluding carboxylic acids is 4. The number of hydrogen-bond donors (Lipinski definition) is 1. The summed E-state index contributed by atoms with van der Waals surface area (Å²) in [5, 5.41) is 2.11. The normalized spacial score (nSPS) is 21.4. The van der Waals surface area contributed by atoms with E-state index >= 15 is 4.39 Å². The van der Waals surface area contributed by atoms with Crippen molar-refractivity contribution in [1.82, 2.24) is 5.32 Å². The maximum atomic E-state index is 15.1. The van der Waals surface area contributed by atoms with Crippen LogP contribution in [0.3, 0.4) is 0 Å². The lowest BCUT2D eigenvalue weighted by Gasteiger charge is -2.40. The predicted octanol–water partition coefficient (Wildman–Crippen LogP) is 4.02. The van der Waals surface area contributed by atoms with Crippen molar-refractivity contribution in [3.8, 4) is 0 Å². The van der Waals surface area contributed by atoms with Gasteiger partial charge in [-0.15, -0.1) is 0 Å². The molecule has 0 bridgehead atoms. The van der Waals surface area contributed by atoms with Gasteiger partial charge in [-0.05, 0) is 39.5 Å². The minimum Gasteiger partial charge on any atom is -0.345 e. The first kappa shape index (κ1) is 24.5. The molecule has 0 spiro atoms. The number of Topliss-reactive ketones (excluding diaryl/α,β-unsaturated/α-hetero) is 3. The Bertz CT molecular complexity index is 719. The number of carbonyl (C=O) groups is 4.